The van der Waals surface area contributed by atoms with Crippen LogP contribution in [0.3, 0.4) is 0 Å². The van der Waals surface area contributed by atoms with Crippen LogP contribution in [0.5, 0.6) is 0 Å². The minimum absolute atomic E-state index is 0.101. The third-order valence-corrected chi connectivity index (χ3v) is 6.79. The van der Waals surface area contributed by atoms with Gasteiger partial charge < -0.3 is 4.55 Å². The zero-order valence-corrected chi connectivity index (χ0v) is 14.2. The highest BCUT2D eigenvalue weighted by atomic mass is 32.2. The summed E-state index contributed by atoms with van der Waals surface area (Å²) < 4.78 is 37.7. The van der Waals surface area contributed by atoms with Gasteiger partial charge in [-0.3, -0.25) is 0 Å². The molecule has 1 aromatic heterocycles. The normalized spacial score (nSPS) is 16.3. The van der Waals surface area contributed by atoms with Gasteiger partial charge in [-0.05, 0) is 27.2 Å². The summed E-state index contributed by atoms with van der Waals surface area (Å²) in [6.07, 6.45) is 3.40. The number of nitrogens with one attached hydrogen (secondary N) is 1. The average molecular weight is 324 g/mol. The smallest absolute Gasteiger partial charge is 0.209 e. The lowest BCUT2D eigenvalue weighted by Crippen LogP contribution is -2.40. The van der Waals surface area contributed by atoms with Crippen LogP contribution in [-0.2, 0) is 21.2 Å². The van der Waals surface area contributed by atoms with Gasteiger partial charge in [0.25, 0.3) is 0 Å². The Morgan fingerprint density at radius 2 is 2.11 bits per heavy atom. The van der Waals surface area contributed by atoms with Gasteiger partial charge in [0.1, 0.15) is 4.75 Å². The van der Waals surface area contributed by atoms with E-state index in [-0.39, 0.29) is 15.1 Å². The van der Waals surface area contributed by atoms with Gasteiger partial charge in [0.15, 0.2) is 0 Å². The Bertz CT molecular complexity index is 520. The molecule has 0 saturated heterocycles. The molecule has 0 fully saturated rings. The minimum Gasteiger partial charge on any atom is -0.598 e. The molecule has 0 unspecified atom stereocenters. The van der Waals surface area contributed by atoms with Gasteiger partial charge >= 0.3 is 0 Å². The number of thiazole rings is 1. The van der Waals surface area contributed by atoms with Crippen molar-refractivity contribution in [2.24, 2.45) is 0 Å². The van der Waals surface area contributed by atoms with E-state index in [0.29, 0.717) is 6.42 Å². The maximum atomic E-state index is 12.1. The molecule has 0 radical (unpaired) electrons. The third kappa shape index (κ3) is 4.71. The fraction of sp³-hybridized carbons (Fsp3) is 0.727. The maximum Gasteiger partial charge on any atom is 0.209 e. The van der Waals surface area contributed by atoms with Gasteiger partial charge in [0.05, 0.1) is 6.04 Å². The Kier molecular flexibility index (Phi) is 5.42. The van der Waals surface area contributed by atoms with E-state index >= 15 is 0 Å². The summed E-state index contributed by atoms with van der Waals surface area (Å²) >= 11 is -0.0711. The Morgan fingerprint density at radius 1 is 1.53 bits per heavy atom. The van der Waals surface area contributed by atoms with Crippen molar-refractivity contribution in [3.05, 3.63) is 11.1 Å². The van der Waals surface area contributed by atoms with E-state index in [4.69, 9.17) is 0 Å². The van der Waals surface area contributed by atoms with Crippen molar-refractivity contribution in [3.8, 4) is 0 Å². The van der Waals surface area contributed by atoms with E-state index < -0.39 is 21.2 Å². The third-order valence-electron chi connectivity index (χ3n) is 2.38. The fourth-order valence-electron chi connectivity index (χ4n) is 1.25. The van der Waals surface area contributed by atoms with E-state index in [1.807, 2.05) is 27.7 Å². The van der Waals surface area contributed by atoms with E-state index in [1.54, 1.807) is 6.20 Å². The fourth-order valence-corrected chi connectivity index (χ4v) is 4.15. The van der Waals surface area contributed by atoms with Gasteiger partial charge in [0.2, 0.25) is 14.2 Å². The molecule has 5 nitrogen and oxygen atoms in total. The Hall–Kier alpha value is -0.150. The second-order valence-corrected chi connectivity index (χ2v) is 10.5. The first-order valence-electron chi connectivity index (χ1n) is 5.89. The van der Waals surface area contributed by atoms with Crippen LogP contribution >= 0.6 is 11.3 Å². The Labute approximate surface area is 122 Å². The molecule has 1 heterocycles. The maximum absolute atomic E-state index is 12.1. The summed E-state index contributed by atoms with van der Waals surface area (Å²) in [5.74, 6) is 0. The van der Waals surface area contributed by atoms with Crippen LogP contribution in [0.15, 0.2) is 10.5 Å². The second-order valence-electron chi connectivity index (χ2n) is 5.26. The first kappa shape index (κ1) is 16.9. The Balaban J connectivity index is 2.90. The highest BCUT2D eigenvalue weighted by Crippen LogP contribution is 2.28. The number of aromatic nitrogens is 1. The number of rotatable bonds is 5. The van der Waals surface area contributed by atoms with Crippen molar-refractivity contribution >= 4 is 32.5 Å². The predicted octanol–water partition coefficient (Wildman–Crippen LogP) is 2.05. The summed E-state index contributed by atoms with van der Waals surface area (Å²) in [6, 6.07) is -0.145. The van der Waals surface area contributed by atoms with E-state index in [1.165, 1.54) is 0 Å². The van der Waals surface area contributed by atoms with Crippen LogP contribution in [0.25, 0.3) is 0 Å². The van der Waals surface area contributed by atoms with Crippen molar-refractivity contribution in [2.75, 3.05) is 6.26 Å². The van der Waals surface area contributed by atoms with Crippen LogP contribution in [0.2, 0.25) is 0 Å². The number of hydrogen-bond acceptors (Lipinski definition) is 6. The van der Waals surface area contributed by atoms with Crippen LogP contribution in [0, 0.1) is 0 Å². The topological polar surface area (TPSA) is 82.1 Å². The number of hydrogen-bond donors (Lipinski definition) is 1. The van der Waals surface area contributed by atoms with Gasteiger partial charge in [-0.15, -0.1) is 16.1 Å². The molecule has 0 aliphatic heterocycles. The molecule has 1 rings (SSSR count). The SMILES string of the molecule is CC[C@H](N[S@+]([O-])C(C)(C)C)c1cnc(S(C)(=O)=O)s1. The zero-order chi connectivity index (χ0) is 14.8. The molecule has 2 atom stereocenters. The summed E-state index contributed by atoms with van der Waals surface area (Å²) in [7, 11) is -3.28. The molecule has 0 amide bonds. The van der Waals surface area contributed by atoms with Gasteiger partial charge in [-0.2, -0.15) is 0 Å². The van der Waals surface area contributed by atoms with Gasteiger partial charge in [-0.1, -0.05) is 6.92 Å². The molecule has 8 heteroatoms. The summed E-state index contributed by atoms with van der Waals surface area (Å²) in [6.45, 7) is 7.61. The molecule has 0 aliphatic carbocycles. The molecule has 19 heavy (non-hydrogen) atoms. The molecule has 0 bridgehead atoms. The van der Waals surface area contributed by atoms with Crippen LogP contribution in [0.4, 0.5) is 0 Å². The lowest BCUT2D eigenvalue weighted by Gasteiger charge is -2.26. The van der Waals surface area contributed by atoms with Crippen LogP contribution in [-0.4, -0.2) is 29.0 Å². The molecule has 0 aromatic carbocycles. The van der Waals surface area contributed by atoms with Crippen molar-refractivity contribution < 1.29 is 13.0 Å². The lowest BCUT2D eigenvalue weighted by atomic mass is 10.2. The quantitative estimate of drug-likeness (QED) is 0.838. The standard InChI is InChI=1S/C11H20N2O3S3/c1-6-8(13-18(14)11(2,3)4)9-7-12-10(17-9)19(5,15)16/h7-8,13H,6H2,1-5H3/t8-,18+/m0/s1. The summed E-state index contributed by atoms with van der Waals surface area (Å²) in [5.41, 5.74) is 0. The molecule has 1 aromatic rings. The van der Waals surface area contributed by atoms with Gasteiger partial charge in [0, 0.05) is 28.7 Å². The van der Waals surface area contributed by atoms with Crippen molar-refractivity contribution in [1.29, 1.82) is 0 Å². The van der Waals surface area contributed by atoms with E-state index in [9.17, 15) is 13.0 Å². The van der Waals surface area contributed by atoms with Crippen molar-refractivity contribution in [2.45, 2.75) is 49.2 Å². The molecular formula is C11H20N2O3S3. The molecule has 1 N–H and O–H groups in total. The zero-order valence-electron chi connectivity index (χ0n) is 11.8. The summed E-state index contributed by atoms with van der Waals surface area (Å²) in [5, 5.41) is 0. The Morgan fingerprint density at radius 3 is 2.47 bits per heavy atom. The average Bonchev–Trinajstić information content (AvgIpc) is 2.72. The molecule has 0 spiro atoms. The van der Waals surface area contributed by atoms with Gasteiger partial charge in [-0.25, -0.2) is 13.4 Å². The van der Waals surface area contributed by atoms with Crippen LogP contribution in [0.1, 0.15) is 45.0 Å². The highest BCUT2D eigenvalue weighted by Gasteiger charge is 2.30. The van der Waals surface area contributed by atoms with E-state index in [2.05, 4.69) is 9.71 Å². The van der Waals surface area contributed by atoms with Crippen molar-refractivity contribution in [1.82, 2.24) is 9.71 Å². The van der Waals surface area contributed by atoms with Crippen molar-refractivity contribution in [3.63, 3.8) is 0 Å². The predicted molar refractivity (Wildman–Crippen MR) is 79.3 cm³/mol. The van der Waals surface area contributed by atoms with Crippen LogP contribution < -0.4 is 4.72 Å². The van der Waals surface area contributed by atoms with E-state index in [0.717, 1.165) is 22.5 Å². The summed E-state index contributed by atoms with van der Waals surface area (Å²) in [4.78, 5) is 4.71. The largest absolute Gasteiger partial charge is 0.598 e. The second kappa shape index (κ2) is 6.09. The highest BCUT2D eigenvalue weighted by molar-refractivity contribution is 7.92. The number of nitrogens with zero attached hydrogens (tertiary/aromatic N) is 1. The molecule has 0 saturated carbocycles. The molecule has 110 valence electrons. The first-order valence-corrected chi connectivity index (χ1v) is 9.75. The monoisotopic (exact) mass is 324 g/mol. The molecule has 0 aliphatic rings. The first-order chi connectivity index (χ1) is 8.55. The minimum atomic E-state index is -3.28. The lowest BCUT2D eigenvalue weighted by molar-refractivity contribution is 0.521. The molecular weight excluding hydrogens is 304 g/mol. The number of sulfone groups is 1.